The van der Waals surface area contributed by atoms with E-state index in [1.165, 1.54) is 47.4 Å². The molecule has 2 amide bonds. The monoisotopic (exact) mass is 549 g/mol. The van der Waals surface area contributed by atoms with Crippen molar-refractivity contribution >= 4 is 50.0 Å². The summed E-state index contributed by atoms with van der Waals surface area (Å²) in [5.41, 5.74) is 2.35. The van der Waals surface area contributed by atoms with E-state index in [1.807, 2.05) is 18.3 Å². The lowest BCUT2D eigenvalue weighted by atomic mass is 9.98. The molecule has 1 unspecified atom stereocenters. The molecule has 1 saturated heterocycles. The number of thiazole rings is 1. The number of carbonyl (C=O) groups is 2. The number of amides is 2. The molecule has 1 atom stereocenters. The van der Waals surface area contributed by atoms with Gasteiger partial charge in [-0.15, -0.1) is 11.3 Å². The summed E-state index contributed by atoms with van der Waals surface area (Å²) in [7, 11) is 2.20. The topological polar surface area (TPSA) is 107 Å². The van der Waals surface area contributed by atoms with Crippen LogP contribution in [0.25, 0.3) is 21.1 Å². The minimum atomic E-state index is -0.647. The molecule has 1 aromatic carbocycles. The van der Waals surface area contributed by atoms with E-state index in [0.717, 1.165) is 18.2 Å². The number of piperidine rings is 1. The Morgan fingerprint density at radius 2 is 1.95 bits per heavy atom. The van der Waals surface area contributed by atoms with Crippen LogP contribution in [0.1, 0.15) is 57.4 Å². The molecule has 4 heterocycles. The molecule has 5 rings (SSSR count). The van der Waals surface area contributed by atoms with Crippen molar-refractivity contribution in [3.8, 4) is 0 Å². The number of benzene rings is 1. The molecular formula is C29H39N7O2S. The molecule has 9 nitrogen and oxygen atoms in total. The Morgan fingerprint density at radius 3 is 2.67 bits per heavy atom. The lowest BCUT2D eigenvalue weighted by Gasteiger charge is -2.27. The number of nitrogens with one attached hydrogen (secondary N) is 2. The number of likely N-dealkylation sites (N-methyl/N-ethyl adjacent to an activating group) is 1. The molecule has 0 aliphatic carbocycles. The van der Waals surface area contributed by atoms with Crippen LogP contribution >= 0.6 is 11.3 Å². The van der Waals surface area contributed by atoms with Crippen LogP contribution in [0.3, 0.4) is 0 Å². The molecule has 0 bridgehead atoms. The quantitative estimate of drug-likeness (QED) is 0.304. The molecule has 0 saturated carbocycles. The van der Waals surface area contributed by atoms with Gasteiger partial charge in [-0.1, -0.05) is 32.4 Å². The fourth-order valence-corrected chi connectivity index (χ4v) is 6.06. The Labute approximate surface area is 234 Å². The summed E-state index contributed by atoms with van der Waals surface area (Å²) in [6, 6.07) is 8.45. The van der Waals surface area contributed by atoms with Crippen molar-refractivity contribution in [1.82, 2.24) is 30.0 Å². The number of fused-ring (bicyclic) bond motifs is 2. The highest BCUT2D eigenvalue weighted by Gasteiger charge is 2.23. The number of hydrogen-bond acceptors (Lipinski definition) is 7. The van der Waals surface area contributed by atoms with E-state index in [2.05, 4.69) is 70.6 Å². The van der Waals surface area contributed by atoms with Crippen molar-refractivity contribution in [2.24, 2.45) is 5.92 Å². The van der Waals surface area contributed by atoms with E-state index in [4.69, 9.17) is 4.98 Å². The molecule has 10 heteroatoms. The number of hydrogen-bond donors (Lipinski definition) is 2. The van der Waals surface area contributed by atoms with Crippen LogP contribution < -0.4 is 5.32 Å². The average molecular weight is 550 g/mol. The van der Waals surface area contributed by atoms with E-state index < -0.39 is 11.8 Å². The number of carbonyl (C=O) groups excluding carboxylic acids is 2. The smallest absolute Gasteiger partial charge is 0.313 e. The van der Waals surface area contributed by atoms with Crippen LogP contribution in [-0.4, -0.2) is 75.0 Å². The number of likely N-dealkylation sites (tertiary alicyclic amines) is 1. The highest BCUT2D eigenvalue weighted by molar-refractivity contribution is 7.18. The van der Waals surface area contributed by atoms with Gasteiger partial charge in [0, 0.05) is 24.4 Å². The summed E-state index contributed by atoms with van der Waals surface area (Å²) >= 11 is 1.88. The van der Waals surface area contributed by atoms with Gasteiger partial charge in [-0.2, -0.15) is 5.10 Å². The van der Waals surface area contributed by atoms with Crippen molar-refractivity contribution in [3.05, 3.63) is 47.9 Å². The third kappa shape index (κ3) is 7.39. The Balaban J connectivity index is 0.000000192. The van der Waals surface area contributed by atoms with Crippen LogP contribution in [-0.2, 0) is 9.59 Å². The van der Waals surface area contributed by atoms with Gasteiger partial charge in [-0.25, -0.2) is 4.98 Å². The summed E-state index contributed by atoms with van der Waals surface area (Å²) in [5.74, 6) is -0.105. The highest BCUT2D eigenvalue weighted by atomic mass is 32.1. The Kier molecular flexibility index (Phi) is 10.00. The summed E-state index contributed by atoms with van der Waals surface area (Å²) in [5, 5.41) is 11.4. The normalized spacial score (nSPS) is 15.1. The molecule has 1 aliphatic heterocycles. The second-order valence-corrected chi connectivity index (χ2v) is 11.4. The van der Waals surface area contributed by atoms with Crippen LogP contribution in [0.2, 0.25) is 0 Å². The van der Waals surface area contributed by atoms with Crippen LogP contribution in [0.15, 0.2) is 42.9 Å². The first kappa shape index (κ1) is 28.6. The van der Waals surface area contributed by atoms with E-state index >= 15 is 0 Å². The zero-order valence-electron chi connectivity index (χ0n) is 23.3. The van der Waals surface area contributed by atoms with Gasteiger partial charge in [-0.3, -0.25) is 19.7 Å². The van der Waals surface area contributed by atoms with Gasteiger partial charge in [-0.05, 0) is 64.4 Å². The molecule has 208 valence electrons. The van der Waals surface area contributed by atoms with Crippen molar-refractivity contribution in [2.45, 2.75) is 52.4 Å². The number of rotatable bonds is 7. The molecule has 0 radical (unpaired) electrons. The molecular weight excluding hydrogens is 510 g/mol. The lowest BCUT2D eigenvalue weighted by Crippen LogP contribution is -2.41. The predicted octanol–water partition coefficient (Wildman–Crippen LogP) is 5.29. The Morgan fingerprint density at radius 1 is 1.18 bits per heavy atom. The minimum Gasteiger partial charge on any atom is -0.334 e. The maximum atomic E-state index is 12.4. The van der Waals surface area contributed by atoms with Crippen LogP contribution in [0.5, 0.6) is 0 Å². The second-order valence-electron chi connectivity index (χ2n) is 10.3. The van der Waals surface area contributed by atoms with Crippen molar-refractivity contribution in [1.29, 1.82) is 0 Å². The fraction of sp³-hybridized carbons (Fsp3) is 0.483. The molecule has 39 heavy (non-hydrogen) atoms. The standard InChI is InChI=1S/C16H23N5O2.C13H16N2S/c1-4-6-11(3)10-21(5-2)16(23)15(22)19-13-8-17-9-14-12(13)7-18-20-14;1-15-8-6-10(7-9-15)13-14-11-4-2-3-5-12(11)16-13/h7-9,11H,4-6,10H2,1-3H3,(H,18,20)(H,19,22);2-5,10H,6-9H2,1H3. The van der Waals surface area contributed by atoms with Gasteiger partial charge >= 0.3 is 11.8 Å². The molecule has 4 aromatic rings. The summed E-state index contributed by atoms with van der Waals surface area (Å²) < 4.78 is 1.33. The van der Waals surface area contributed by atoms with Gasteiger partial charge in [0.25, 0.3) is 0 Å². The minimum absolute atomic E-state index is 0.371. The van der Waals surface area contributed by atoms with E-state index in [-0.39, 0.29) is 0 Å². The number of nitrogens with zero attached hydrogens (tertiary/aromatic N) is 5. The predicted molar refractivity (Wildman–Crippen MR) is 158 cm³/mol. The number of aromatic amines is 1. The van der Waals surface area contributed by atoms with E-state index in [1.54, 1.807) is 17.3 Å². The zero-order valence-corrected chi connectivity index (χ0v) is 24.1. The molecule has 3 aromatic heterocycles. The Hall–Kier alpha value is -3.37. The van der Waals surface area contributed by atoms with Crippen molar-refractivity contribution < 1.29 is 9.59 Å². The third-order valence-electron chi connectivity index (χ3n) is 7.17. The molecule has 1 aliphatic rings. The summed E-state index contributed by atoms with van der Waals surface area (Å²) in [4.78, 5) is 37.4. The van der Waals surface area contributed by atoms with Crippen molar-refractivity contribution in [3.63, 3.8) is 0 Å². The number of aromatic nitrogens is 4. The maximum absolute atomic E-state index is 12.4. The van der Waals surface area contributed by atoms with Gasteiger partial charge in [0.05, 0.1) is 45.0 Å². The Bertz CT molecular complexity index is 1340. The molecule has 1 fully saturated rings. The number of H-pyrrole nitrogens is 1. The summed E-state index contributed by atoms with van der Waals surface area (Å²) in [6.45, 7) is 9.59. The average Bonchev–Trinajstić information content (AvgIpc) is 3.60. The number of para-hydroxylation sites is 1. The largest absolute Gasteiger partial charge is 0.334 e. The summed E-state index contributed by atoms with van der Waals surface area (Å²) in [6.07, 6.45) is 9.34. The maximum Gasteiger partial charge on any atom is 0.313 e. The van der Waals surface area contributed by atoms with Gasteiger partial charge in [0.2, 0.25) is 0 Å². The first-order chi connectivity index (χ1) is 18.9. The number of anilines is 1. The zero-order chi connectivity index (χ0) is 27.8. The second kappa shape index (κ2) is 13.6. The first-order valence-corrected chi connectivity index (χ1v) is 14.6. The van der Waals surface area contributed by atoms with Gasteiger partial charge in [0.15, 0.2) is 0 Å². The van der Waals surface area contributed by atoms with Crippen LogP contribution in [0.4, 0.5) is 5.69 Å². The molecule has 2 N–H and O–H groups in total. The van der Waals surface area contributed by atoms with Crippen molar-refractivity contribution in [2.75, 3.05) is 38.5 Å². The van der Waals surface area contributed by atoms with E-state index in [0.29, 0.717) is 36.1 Å². The van der Waals surface area contributed by atoms with E-state index in [9.17, 15) is 9.59 Å². The fourth-order valence-electron chi connectivity index (χ4n) is 4.92. The lowest BCUT2D eigenvalue weighted by molar-refractivity contribution is -0.143. The first-order valence-electron chi connectivity index (χ1n) is 13.8. The third-order valence-corrected chi connectivity index (χ3v) is 8.37. The SMILES string of the molecule is CCCC(C)CN(CC)C(=O)C(=O)Nc1cncc2[nH]ncc12.CN1CCC(c2nc3ccccc3s2)CC1. The van der Waals surface area contributed by atoms with Gasteiger partial charge < -0.3 is 15.1 Å². The number of pyridine rings is 1. The molecule has 0 spiro atoms. The van der Waals surface area contributed by atoms with Crippen LogP contribution in [0, 0.1) is 5.92 Å². The van der Waals surface area contributed by atoms with Gasteiger partial charge in [0.1, 0.15) is 0 Å². The highest BCUT2D eigenvalue weighted by Crippen LogP contribution is 2.33.